The summed E-state index contributed by atoms with van der Waals surface area (Å²) in [5.41, 5.74) is 0. The van der Waals surface area contributed by atoms with Crippen molar-refractivity contribution in [2.24, 2.45) is 0 Å². The molecule has 0 rings (SSSR count). The van der Waals surface area contributed by atoms with E-state index < -0.39 is 0 Å². The summed E-state index contributed by atoms with van der Waals surface area (Å²) in [5.74, 6) is 0. The van der Waals surface area contributed by atoms with Crippen LogP contribution < -0.4 is 0 Å². The maximum Gasteiger partial charge on any atom is 0.145 e. The number of hydrogen-bond donors (Lipinski definition) is 0. The topological polar surface area (TPSA) is 89.5 Å². The molecule has 0 aliphatic rings. The third-order valence-electron chi connectivity index (χ3n) is 2.23. The van der Waals surface area contributed by atoms with E-state index in [2.05, 4.69) is 0 Å². The van der Waals surface area contributed by atoms with E-state index in [0.29, 0.717) is 78.6 Å². The van der Waals surface area contributed by atoms with E-state index in [1.807, 2.05) is 0 Å². The van der Waals surface area contributed by atoms with Crippen molar-refractivity contribution in [3.8, 4) is 0 Å². The molecule has 0 aromatic carbocycles. The molecule has 0 radical (unpaired) electrons. The van der Waals surface area contributed by atoms with Gasteiger partial charge in [-0.15, -0.1) is 0 Å². The molecule has 8 nitrogen and oxygen atoms in total. The van der Waals surface area contributed by atoms with Crippen molar-refractivity contribution in [2.45, 2.75) is 0 Å². The van der Waals surface area contributed by atoms with Crippen LogP contribution in [0.25, 0.3) is 0 Å². The predicted molar refractivity (Wildman–Crippen MR) is 77.0 cm³/mol. The zero-order chi connectivity index (χ0) is 16.1. The molecule has 0 unspecified atom stereocenters. The molecule has 0 N–H and O–H groups in total. The van der Waals surface area contributed by atoms with Crippen molar-refractivity contribution >= 4 is 12.6 Å². The van der Waals surface area contributed by atoms with Gasteiger partial charge >= 0.3 is 0 Å². The molecule has 0 saturated carbocycles. The van der Waals surface area contributed by atoms with E-state index in [-0.39, 0.29) is 13.2 Å². The highest BCUT2D eigenvalue weighted by atomic mass is 16.6. The number of rotatable bonds is 19. The first-order chi connectivity index (χ1) is 10.9. The number of hydrogen-bond acceptors (Lipinski definition) is 8. The average molecular weight is 322 g/mol. The normalized spacial score (nSPS) is 10.7. The molecule has 0 aromatic rings. The lowest BCUT2D eigenvalue weighted by Crippen LogP contribution is -2.14. The molecule has 22 heavy (non-hydrogen) atoms. The highest BCUT2D eigenvalue weighted by Crippen LogP contribution is 1.84. The summed E-state index contributed by atoms with van der Waals surface area (Å²) < 4.78 is 30.9. The molecule has 8 heteroatoms. The van der Waals surface area contributed by atoms with E-state index >= 15 is 0 Å². The summed E-state index contributed by atoms with van der Waals surface area (Å²) in [6, 6.07) is 0. The number of carbonyl (C=O) groups is 2. The highest BCUT2D eigenvalue weighted by molar-refractivity contribution is 5.50. The first-order valence-corrected chi connectivity index (χ1v) is 7.25. The summed E-state index contributed by atoms with van der Waals surface area (Å²) in [6.07, 6.45) is 1.41. The van der Waals surface area contributed by atoms with E-state index in [4.69, 9.17) is 28.4 Å². The van der Waals surface area contributed by atoms with Crippen LogP contribution in [0.2, 0.25) is 0 Å². The Morgan fingerprint density at radius 2 is 0.636 bits per heavy atom. The summed E-state index contributed by atoms with van der Waals surface area (Å²) in [4.78, 5) is 19.9. The number of carbonyl (C=O) groups excluding carboxylic acids is 2. The Morgan fingerprint density at radius 1 is 0.409 bits per heavy atom. The molecule has 0 atom stereocenters. The Balaban J connectivity index is 2.94. The molecule has 0 amide bonds. The molecule has 0 heterocycles. The van der Waals surface area contributed by atoms with Gasteiger partial charge in [0.15, 0.2) is 0 Å². The third-order valence-corrected chi connectivity index (χ3v) is 2.23. The van der Waals surface area contributed by atoms with Crippen molar-refractivity contribution in [3.05, 3.63) is 0 Å². The van der Waals surface area contributed by atoms with Crippen LogP contribution in [0.3, 0.4) is 0 Å². The molecule has 0 fully saturated rings. The maximum absolute atomic E-state index is 9.95. The number of ether oxygens (including phenoxy) is 6. The van der Waals surface area contributed by atoms with Crippen LogP contribution in [0.4, 0.5) is 0 Å². The Labute approximate surface area is 130 Å². The van der Waals surface area contributed by atoms with Crippen LogP contribution in [0.1, 0.15) is 0 Å². The van der Waals surface area contributed by atoms with E-state index in [1.54, 1.807) is 0 Å². The van der Waals surface area contributed by atoms with Gasteiger partial charge in [-0.3, -0.25) is 0 Å². The van der Waals surface area contributed by atoms with Gasteiger partial charge in [0.2, 0.25) is 0 Å². The van der Waals surface area contributed by atoms with Crippen LogP contribution in [0.5, 0.6) is 0 Å². The second-order valence-corrected chi connectivity index (χ2v) is 3.93. The minimum absolute atomic E-state index is 0.104. The van der Waals surface area contributed by atoms with Gasteiger partial charge in [0.25, 0.3) is 0 Å². The quantitative estimate of drug-likeness (QED) is 0.232. The van der Waals surface area contributed by atoms with Crippen molar-refractivity contribution in [2.75, 3.05) is 79.3 Å². The molecule has 0 aliphatic carbocycles. The Kier molecular flexibility index (Phi) is 19.3. The van der Waals surface area contributed by atoms with Crippen LogP contribution >= 0.6 is 0 Å². The Bertz CT molecular complexity index is 213. The van der Waals surface area contributed by atoms with Crippen LogP contribution in [-0.4, -0.2) is 91.9 Å². The smallest absolute Gasteiger partial charge is 0.145 e. The summed E-state index contributed by atoms with van der Waals surface area (Å²) in [6.45, 7) is 4.83. The van der Waals surface area contributed by atoms with Crippen LogP contribution in [0, 0.1) is 0 Å². The fraction of sp³-hybridized carbons (Fsp3) is 0.857. The van der Waals surface area contributed by atoms with Gasteiger partial charge in [-0.1, -0.05) is 0 Å². The van der Waals surface area contributed by atoms with Gasteiger partial charge in [0, 0.05) is 0 Å². The molecule has 0 saturated heterocycles. The first kappa shape index (κ1) is 21.1. The van der Waals surface area contributed by atoms with Gasteiger partial charge in [0.05, 0.1) is 66.1 Å². The molecular formula is C14H26O8. The van der Waals surface area contributed by atoms with Gasteiger partial charge < -0.3 is 38.0 Å². The van der Waals surface area contributed by atoms with E-state index in [1.165, 1.54) is 0 Å². The van der Waals surface area contributed by atoms with Crippen molar-refractivity contribution in [1.82, 2.24) is 0 Å². The molecule has 0 aliphatic heterocycles. The summed E-state index contributed by atoms with van der Waals surface area (Å²) in [5, 5.41) is 0. The van der Waals surface area contributed by atoms with Gasteiger partial charge in [0.1, 0.15) is 25.8 Å². The standard InChI is InChI=1S/C14H26O8/c15-1-3-17-5-7-19-9-11-21-13-14-22-12-10-20-8-6-18-4-2-16/h1-2H,3-14H2. The number of aldehydes is 2. The lowest BCUT2D eigenvalue weighted by Gasteiger charge is -2.07. The van der Waals surface area contributed by atoms with Gasteiger partial charge in [-0.25, -0.2) is 0 Å². The van der Waals surface area contributed by atoms with Crippen LogP contribution in [0.15, 0.2) is 0 Å². The van der Waals surface area contributed by atoms with Crippen molar-refractivity contribution in [1.29, 1.82) is 0 Å². The molecular weight excluding hydrogens is 296 g/mol. The first-order valence-electron chi connectivity index (χ1n) is 7.25. The second kappa shape index (κ2) is 20.1. The zero-order valence-corrected chi connectivity index (χ0v) is 12.9. The minimum atomic E-state index is 0.104. The zero-order valence-electron chi connectivity index (χ0n) is 12.9. The third kappa shape index (κ3) is 19.1. The lowest BCUT2D eigenvalue weighted by atomic mass is 10.7. The van der Waals surface area contributed by atoms with Crippen LogP contribution in [-0.2, 0) is 38.0 Å². The Hall–Kier alpha value is -0.900. The van der Waals surface area contributed by atoms with Gasteiger partial charge in [-0.2, -0.15) is 0 Å². The van der Waals surface area contributed by atoms with Crippen molar-refractivity contribution < 1.29 is 38.0 Å². The van der Waals surface area contributed by atoms with Gasteiger partial charge in [-0.05, 0) is 0 Å². The Morgan fingerprint density at radius 3 is 0.864 bits per heavy atom. The lowest BCUT2D eigenvalue weighted by molar-refractivity contribution is -0.113. The average Bonchev–Trinajstić information content (AvgIpc) is 2.54. The fourth-order valence-electron chi connectivity index (χ4n) is 1.26. The predicted octanol–water partition coefficient (Wildman–Crippen LogP) is -0.516. The highest BCUT2D eigenvalue weighted by Gasteiger charge is 1.93. The largest absolute Gasteiger partial charge is 0.377 e. The summed E-state index contributed by atoms with van der Waals surface area (Å²) >= 11 is 0. The van der Waals surface area contributed by atoms with E-state index in [0.717, 1.165) is 0 Å². The van der Waals surface area contributed by atoms with E-state index in [9.17, 15) is 9.59 Å². The molecule has 130 valence electrons. The molecule has 0 spiro atoms. The maximum atomic E-state index is 9.95. The molecule has 0 aromatic heterocycles. The second-order valence-electron chi connectivity index (χ2n) is 3.93. The SMILES string of the molecule is O=CCOCCOCCOCCOCCOCCOCC=O. The summed E-state index contributed by atoms with van der Waals surface area (Å²) in [7, 11) is 0. The minimum Gasteiger partial charge on any atom is -0.377 e. The van der Waals surface area contributed by atoms with Crippen molar-refractivity contribution in [3.63, 3.8) is 0 Å². The molecule has 0 bridgehead atoms. The monoisotopic (exact) mass is 322 g/mol. The fourth-order valence-corrected chi connectivity index (χ4v) is 1.26.